The minimum Gasteiger partial charge on any atom is -0.472 e. The molecule has 0 aliphatic carbocycles. The van der Waals surface area contributed by atoms with E-state index in [0.29, 0.717) is 0 Å². The number of rotatable bonds is 5. The summed E-state index contributed by atoms with van der Waals surface area (Å²) in [6, 6.07) is 0. The molecule has 62 valence electrons. The van der Waals surface area contributed by atoms with Crippen LogP contribution in [0.25, 0.3) is 0 Å². The SMILES string of the molecule is C=N/C=C\C=C(/C)OCOC. The number of allylic oxidation sites excluding steroid dienone is 3. The molecule has 0 saturated heterocycles. The Hall–Kier alpha value is -1.09. The molecule has 3 heteroatoms. The summed E-state index contributed by atoms with van der Waals surface area (Å²) in [6.07, 6.45) is 5.12. The Morgan fingerprint density at radius 1 is 1.64 bits per heavy atom. The van der Waals surface area contributed by atoms with Crippen LogP contribution in [0.1, 0.15) is 6.92 Å². The summed E-state index contributed by atoms with van der Waals surface area (Å²) in [5, 5.41) is 0. The van der Waals surface area contributed by atoms with Gasteiger partial charge in [0.05, 0.1) is 5.76 Å². The minimum absolute atomic E-state index is 0.275. The van der Waals surface area contributed by atoms with Crippen molar-refractivity contribution in [1.82, 2.24) is 0 Å². The Morgan fingerprint density at radius 2 is 2.36 bits per heavy atom. The third kappa shape index (κ3) is 6.80. The molecule has 0 amide bonds. The molecule has 0 aromatic carbocycles. The second-order valence-corrected chi connectivity index (χ2v) is 1.85. The molecular formula is C8H13NO2. The van der Waals surface area contributed by atoms with E-state index in [1.54, 1.807) is 25.5 Å². The van der Waals surface area contributed by atoms with E-state index < -0.39 is 0 Å². The van der Waals surface area contributed by atoms with Crippen molar-refractivity contribution in [3.8, 4) is 0 Å². The first-order valence-electron chi connectivity index (χ1n) is 3.22. The first-order chi connectivity index (χ1) is 5.31. The van der Waals surface area contributed by atoms with Crippen LogP contribution in [0.3, 0.4) is 0 Å². The molecule has 0 fully saturated rings. The molecule has 0 rings (SSSR count). The minimum atomic E-state index is 0.275. The summed E-state index contributed by atoms with van der Waals surface area (Å²) in [6.45, 7) is 5.40. The Labute approximate surface area is 67.0 Å². The lowest BCUT2D eigenvalue weighted by atomic mass is 10.5. The molecule has 0 bridgehead atoms. The van der Waals surface area contributed by atoms with Gasteiger partial charge in [0.1, 0.15) is 0 Å². The van der Waals surface area contributed by atoms with E-state index in [4.69, 9.17) is 9.47 Å². The molecule has 0 aliphatic rings. The second-order valence-electron chi connectivity index (χ2n) is 1.85. The van der Waals surface area contributed by atoms with Gasteiger partial charge in [0.15, 0.2) is 6.79 Å². The third-order valence-electron chi connectivity index (χ3n) is 0.927. The molecule has 0 aliphatic heterocycles. The molecular weight excluding hydrogens is 142 g/mol. The summed E-state index contributed by atoms with van der Waals surface area (Å²) < 4.78 is 9.76. The Kier molecular flexibility index (Phi) is 6.33. The molecule has 0 spiro atoms. The van der Waals surface area contributed by atoms with E-state index in [9.17, 15) is 0 Å². The van der Waals surface area contributed by atoms with Crippen LogP contribution in [0, 0.1) is 0 Å². The van der Waals surface area contributed by atoms with Crippen molar-refractivity contribution >= 4 is 6.72 Å². The van der Waals surface area contributed by atoms with Crippen LogP contribution in [-0.4, -0.2) is 20.6 Å². The topological polar surface area (TPSA) is 30.8 Å². The highest BCUT2D eigenvalue weighted by atomic mass is 16.7. The highest BCUT2D eigenvalue weighted by Gasteiger charge is 1.83. The zero-order valence-corrected chi connectivity index (χ0v) is 6.91. The molecule has 0 aromatic heterocycles. The van der Waals surface area contributed by atoms with Gasteiger partial charge in [0, 0.05) is 13.3 Å². The zero-order valence-electron chi connectivity index (χ0n) is 6.91. The average Bonchev–Trinajstić information content (AvgIpc) is 2.01. The van der Waals surface area contributed by atoms with Crippen molar-refractivity contribution in [1.29, 1.82) is 0 Å². The predicted molar refractivity (Wildman–Crippen MR) is 45.4 cm³/mol. The van der Waals surface area contributed by atoms with E-state index in [1.807, 2.05) is 6.92 Å². The highest BCUT2D eigenvalue weighted by molar-refractivity contribution is 5.26. The summed E-state index contributed by atoms with van der Waals surface area (Å²) >= 11 is 0. The smallest absolute Gasteiger partial charge is 0.188 e. The average molecular weight is 155 g/mol. The maximum Gasteiger partial charge on any atom is 0.188 e. The normalized spacial score (nSPS) is 12.0. The Balaban J connectivity index is 3.61. The maximum atomic E-state index is 5.06. The molecule has 0 saturated carbocycles. The summed E-state index contributed by atoms with van der Waals surface area (Å²) in [5.74, 6) is 0.784. The quantitative estimate of drug-likeness (QED) is 0.262. The van der Waals surface area contributed by atoms with Gasteiger partial charge in [-0.15, -0.1) is 0 Å². The van der Waals surface area contributed by atoms with E-state index in [0.717, 1.165) is 5.76 Å². The van der Waals surface area contributed by atoms with E-state index in [1.165, 1.54) is 0 Å². The Morgan fingerprint density at radius 3 is 2.91 bits per heavy atom. The van der Waals surface area contributed by atoms with Crippen LogP contribution >= 0.6 is 0 Å². The lowest BCUT2D eigenvalue weighted by Gasteiger charge is -2.01. The van der Waals surface area contributed by atoms with Gasteiger partial charge in [-0.05, 0) is 25.8 Å². The van der Waals surface area contributed by atoms with E-state index >= 15 is 0 Å². The molecule has 0 atom stereocenters. The van der Waals surface area contributed by atoms with Gasteiger partial charge in [0.2, 0.25) is 0 Å². The molecule has 0 N–H and O–H groups in total. The number of methoxy groups -OCH3 is 1. The van der Waals surface area contributed by atoms with Crippen molar-refractivity contribution in [2.75, 3.05) is 13.9 Å². The van der Waals surface area contributed by atoms with Gasteiger partial charge < -0.3 is 9.47 Å². The van der Waals surface area contributed by atoms with Crippen LogP contribution in [0.2, 0.25) is 0 Å². The van der Waals surface area contributed by atoms with Crippen LogP contribution in [0.5, 0.6) is 0 Å². The summed E-state index contributed by atoms with van der Waals surface area (Å²) in [7, 11) is 1.58. The second kappa shape index (κ2) is 7.02. The lowest BCUT2D eigenvalue weighted by molar-refractivity contribution is 0.00626. The van der Waals surface area contributed by atoms with Crippen molar-refractivity contribution in [2.45, 2.75) is 6.92 Å². The first-order valence-corrected chi connectivity index (χ1v) is 3.22. The fourth-order valence-corrected chi connectivity index (χ4v) is 0.439. The van der Waals surface area contributed by atoms with Gasteiger partial charge in [-0.3, -0.25) is 4.99 Å². The molecule has 3 nitrogen and oxygen atoms in total. The van der Waals surface area contributed by atoms with Crippen molar-refractivity contribution < 1.29 is 9.47 Å². The number of nitrogens with zero attached hydrogens (tertiary/aromatic N) is 1. The van der Waals surface area contributed by atoms with Gasteiger partial charge in [-0.25, -0.2) is 0 Å². The number of aliphatic imine (C=N–C) groups is 1. The lowest BCUT2D eigenvalue weighted by Crippen LogP contribution is -1.92. The summed E-state index contributed by atoms with van der Waals surface area (Å²) in [5.41, 5.74) is 0. The largest absolute Gasteiger partial charge is 0.472 e. The maximum absolute atomic E-state index is 5.06. The Bertz CT molecular complexity index is 161. The van der Waals surface area contributed by atoms with Gasteiger partial charge in [-0.1, -0.05) is 0 Å². The van der Waals surface area contributed by atoms with Crippen LogP contribution in [0.4, 0.5) is 0 Å². The molecule has 11 heavy (non-hydrogen) atoms. The third-order valence-corrected chi connectivity index (χ3v) is 0.927. The standard InChI is InChI=1S/C8H13NO2/c1-8(11-7-10-3)5-4-6-9-2/h4-6H,2,7H2,1,3H3/b6-4-,8-5+. The van der Waals surface area contributed by atoms with E-state index in [2.05, 4.69) is 11.7 Å². The van der Waals surface area contributed by atoms with Crippen LogP contribution in [-0.2, 0) is 9.47 Å². The number of ether oxygens (including phenoxy) is 2. The molecule has 0 aromatic rings. The first kappa shape index (κ1) is 9.91. The number of hydrogen-bond acceptors (Lipinski definition) is 3. The van der Waals surface area contributed by atoms with Gasteiger partial charge in [0.25, 0.3) is 0 Å². The monoisotopic (exact) mass is 155 g/mol. The molecule has 0 unspecified atom stereocenters. The van der Waals surface area contributed by atoms with E-state index in [-0.39, 0.29) is 6.79 Å². The van der Waals surface area contributed by atoms with Gasteiger partial charge in [-0.2, -0.15) is 0 Å². The van der Waals surface area contributed by atoms with Crippen molar-refractivity contribution in [3.63, 3.8) is 0 Å². The zero-order chi connectivity index (χ0) is 8.53. The molecule has 0 heterocycles. The molecule has 0 radical (unpaired) electrons. The van der Waals surface area contributed by atoms with Crippen LogP contribution in [0.15, 0.2) is 29.1 Å². The van der Waals surface area contributed by atoms with Crippen molar-refractivity contribution in [3.05, 3.63) is 24.1 Å². The van der Waals surface area contributed by atoms with Crippen LogP contribution < -0.4 is 0 Å². The number of hydrogen-bond donors (Lipinski definition) is 0. The van der Waals surface area contributed by atoms with Crippen molar-refractivity contribution in [2.24, 2.45) is 4.99 Å². The fourth-order valence-electron chi connectivity index (χ4n) is 0.439. The predicted octanol–water partition coefficient (Wildman–Crippen LogP) is 1.72. The fraction of sp³-hybridized carbons (Fsp3) is 0.375. The van der Waals surface area contributed by atoms with Gasteiger partial charge >= 0.3 is 0 Å². The summed E-state index contributed by atoms with van der Waals surface area (Å²) in [4.78, 5) is 3.53. The highest BCUT2D eigenvalue weighted by Crippen LogP contribution is 1.94.